The minimum absolute atomic E-state index is 0.809. The highest BCUT2D eigenvalue weighted by Crippen LogP contribution is 2.19. The van der Waals surface area contributed by atoms with Crippen LogP contribution >= 0.6 is 0 Å². The van der Waals surface area contributed by atoms with Crippen molar-refractivity contribution < 1.29 is 18.9 Å². The van der Waals surface area contributed by atoms with Gasteiger partial charge < -0.3 is 18.9 Å². The number of hydrogen-bond donors (Lipinski definition) is 0. The molecule has 0 saturated carbocycles. The lowest BCUT2D eigenvalue weighted by Gasteiger charge is -2.05. The van der Waals surface area contributed by atoms with Crippen molar-refractivity contribution in [1.82, 2.24) is 0 Å². The molecule has 125 heavy (non-hydrogen) atoms. The first kappa shape index (κ1) is 114. The number of rotatable bonds is 45. The molecule has 0 radical (unpaired) electrons. The van der Waals surface area contributed by atoms with E-state index in [4.69, 9.17) is 18.9 Å². The van der Waals surface area contributed by atoms with Crippen molar-refractivity contribution in [3.05, 3.63) is 332 Å². The average Bonchev–Trinajstić information content (AvgIpc) is 0.919. The Hall–Kier alpha value is -8.60. The standard InChI is InChI=1S/C15H24.C14H22.C13H20O.C13H20.C12H18O.C12H18.C11H16O.C11H16.C10H14O.C10H14/c1-3-5-6-7-9-15-12-10-14(8-4-2)11-13-15;1-3-5-6-8-14-11-9-13(7-4-2)10-12-14;1-3-4-5-6-11-14-13-9-7-12(2)8-10-13;1-3-5-7-13-10-8-12(6-4-2)9-11-13;1-3-4-5-10-13-12-8-6-11(2)7-9-12;1-3-5-11-7-9-12(6-4-2)10-8-11;1-3-4-9-12-11-7-5-10(2)6-8-11;1-3-5-11-8-6-10(4-2)7-9-11;1-3-8-11-10-6-4-9(2)5-7-10;1-3-4-10-7-5-9(2)6-8-10/h10-13H,3-9H2,1-2H3;9-12H,3-8H2,1-2H3;7-10H,3-6,11H2,1-2H3;8-11H,3-7H2,1-2H3;6-9H,3-5,10H2,1-2H3;7-10H,3-6H2,1-2H3;5-8H,3-4,9H2,1-2H3;6-9H,3-5H2,1-2H3;4-7H,3,8H2,1-2H3;5-8H,3-4H2,1-2H3. The first-order chi connectivity index (χ1) is 60.9. The Labute approximate surface area is 771 Å². The van der Waals surface area contributed by atoms with Crippen LogP contribution in [0.25, 0.3) is 0 Å². The average molecular weight is 1700 g/mol. The molecule has 0 heterocycles. The summed E-state index contributed by atoms with van der Waals surface area (Å²) in [6.45, 7) is 47.0. The van der Waals surface area contributed by atoms with Crippen LogP contribution in [0.4, 0.5) is 0 Å². The highest BCUT2D eigenvalue weighted by atomic mass is 16.5. The monoisotopic (exact) mass is 1700 g/mol. The van der Waals surface area contributed by atoms with Gasteiger partial charge in [-0.2, -0.15) is 0 Å². The summed E-state index contributed by atoms with van der Waals surface area (Å²) in [5.41, 5.74) is 22.7. The zero-order valence-corrected chi connectivity index (χ0v) is 83.7. The molecule has 4 nitrogen and oxygen atoms in total. The van der Waals surface area contributed by atoms with Crippen LogP contribution in [0.2, 0.25) is 0 Å². The Morgan fingerprint density at radius 3 is 0.552 bits per heavy atom. The first-order valence-electron chi connectivity index (χ1n) is 50.2. The molecule has 0 fully saturated rings. The fourth-order valence-electron chi connectivity index (χ4n) is 13.3. The van der Waals surface area contributed by atoms with Crippen LogP contribution in [0.1, 0.15) is 360 Å². The molecule has 0 amide bonds. The van der Waals surface area contributed by atoms with Crippen molar-refractivity contribution in [2.75, 3.05) is 26.4 Å². The van der Waals surface area contributed by atoms with E-state index in [1.807, 2.05) is 48.5 Å². The molecule has 4 heteroatoms. The van der Waals surface area contributed by atoms with E-state index in [2.05, 4.69) is 333 Å². The smallest absolute Gasteiger partial charge is 0.119 e. The molecule has 10 aromatic rings. The van der Waals surface area contributed by atoms with Crippen LogP contribution in [0.5, 0.6) is 23.0 Å². The van der Waals surface area contributed by atoms with Gasteiger partial charge in [0.15, 0.2) is 0 Å². The summed E-state index contributed by atoms with van der Waals surface area (Å²) in [5, 5.41) is 0. The van der Waals surface area contributed by atoms with Gasteiger partial charge >= 0.3 is 0 Å². The number of hydrogen-bond acceptors (Lipinski definition) is 4. The number of aryl methyl sites for hydroxylation is 16. The Morgan fingerprint density at radius 1 is 0.136 bits per heavy atom. The lowest BCUT2D eigenvalue weighted by Crippen LogP contribution is -1.96. The lowest BCUT2D eigenvalue weighted by molar-refractivity contribution is 0.305. The summed E-state index contributed by atoms with van der Waals surface area (Å²) in [6.07, 6.45) is 46.2. The predicted octanol–water partition coefficient (Wildman–Crippen LogP) is 36.3. The Balaban J connectivity index is 0.000000696. The molecular formula is C121H182O4. The summed E-state index contributed by atoms with van der Waals surface area (Å²) in [5.74, 6) is 3.93. The van der Waals surface area contributed by atoms with E-state index in [0.717, 1.165) is 75.1 Å². The third-order valence-electron chi connectivity index (χ3n) is 21.2. The van der Waals surface area contributed by atoms with Crippen molar-refractivity contribution in [3.8, 4) is 23.0 Å². The molecule has 0 N–H and O–H groups in total. The van der Waals surface area contributed by atoms with E-state index in [9.17, 15) is 0 Å². The molecule has 0 unspecified atom stereocenters. The predicted molar refractivity (Wildman–Crippen MR) is 556 cm³/mol. The fraction of sp³-hybridized carbons (Fsp3) is 0.504. The van der Waals surface area contributed by atoms with Crippen LogP contribution in [-0.4, -0.2) is 26.4 Å². The largest absolute Gasteiger partial charge is 0.494 e. The van der Waals surface area contributed by atoms with E-state index in [0.29, 0.717) is 0 Å². The molecule has 0 bridgehead atoms. The summed E-state index contributed by atoms with van der Waals surface area (Å²) >= 11 is 0. The second-order valence-corrected chi connectivity index (χ2v) is 33.8. The zero-order chi connectivity index (χ0) is 91.7. The molecule has 0 aliphatic carbocycles. The van der Waals surface area contributed by atoms with Crippen LogP contribution in [0.3, 0.4) is 0 Å². The van der Waals surface area contributed by atoms with E-state index < -0.39 is 0 Å². The maximum atomic E-state index is 5.61. The van der Waals surface area contributed by atoms with Gasteiger partial charge in [-0.3, -0.25) is 0 Å². The quantitative estimate of drug-likeness (QED) is 0.0357. The summed E-state index contributed by atoms with van der Waals surface area (Å²) < 4.78 is 22.1. The van der Waals surface area contributed by atoms with Gasteiger partial charge in [0.25, 0.3) is 0 Å². The Kier molecular flexibility index (Phi) is 74.3. The SMILES string of the molecule is CCCCCCOc1ccc(C)cc1.CCCCCCc1ccc(CCC)cc1.CCCCCOc1ccc(C)cc1.CCCCCc1ccc(CCC)cc1.CCCCOc1ccc(C)cc1.CCCCc1ccc(CCC)cc1.CCCOc1ccc(C)cc1.CCCc1ccc(C)cc1.CCCc1ccc(CC)cc1.CCCc1ccc(CCC)cc1. The highest BCUT2D eigenvalue weighted by Gasteiger charge is 2.02. The van der Waals surface area contributed by atoms with Gasteiger partial charge in [-0.15, -0.1) is 0 Å². The van der Waals surface area contributed by atoms with Crippen LogP contribution in [0, 0.1) is 34.6 Å². The number of unbranched alkanes of at least 4 members (excludes halogenated alkanes) is 12. The molecule has 0 atom stereocenters. The minimum atomic E-state index is 0.809. The first-order valence-corrected chi connectivity index (χ1v) is 50.2. The van der Waals surface area contributed by atoms with E-state index in [1.165, 1.54) is 301 Å². The molecule has 0 saturated heterocycles. The van der Waals surface area contributed by atoms with E-state index in [1.54, 1.807) is 0 Å². The zero-order valence-electron chi connectivity index (χ0n) is 83.7. The highest BCUT2D eigenvalue weighted by molar-refractivity contribution is 5.31. The third kappa shape index (κ3) is 64.7. The van der Waals surface area contributed by atoms with Crippen molar-refractivity contribution in [2.45, 2.75) is 376 Å². The second-order valence-electron chi connectivity index (χ2n) is 33.8. The van der Waals surface area contributed by atoms with Gasteiger partial charge in [0.1, 0.15) is 23.0 Å². The normalized spacial score (nSPS) is 10.1. The van der Waals surface area contributed by atoms with Crippen molar-refractivity contribution in [1.29, 1.82) is 0 Å². The van der Waals surface area contributed by atoms with Crippen LogP contribution in [0.15, 0.2) is 243 Å². The molecule has 0 aromatic heterocycles. The summed E-state index contributed by atoms with van der Waals surface area (Å²) in [4.78, 5) is 0. The molecule has 0 spiro atoms. The van der Waals surface area contributed by atoms with Gasteiger partial charge in [0, 0.05) is 0 Å². The third-order valence-corrected chi connectivity index (χ3v) is 21.2. The Morgan fingerprint density at radius 2 is 0.312 bits per heavy atom. The summed E-state index contributed by atoms with van der Waals surface area (Å²) in [6, 6.07) is 86.9. The van der Waals surface area contributed by atoms with Gasteiger partial charge in [-0.25, -0.2) is 0 Å². The fourth-order valence-corrected chi connectivity index (χ4v) is 13.3. The van der Waals surface area contributed by atoms with Crippen molar-refractivity contribution >= 4 is 0 Å². The molecule has 0 aliphatic rings. The van der Waals surface area contributed by atoms with Gasteiger partial charge in [-0.1, -0.05) is 448 Å². The maximum absolute atomic E-state index is 5.61. The van der Waals surface area contributed by atoms with Gasteiger partial charge in [0.05, 0.1) is 26.4 Å². The second kappa shape index (κ2) is 81.2. The van der Waals surface area contributed by atoms with Crippen LogP contribution in [-0.2, 0) is 70.6 Å². The molecule has 10 aromatic carbocycles. The van der Waals surface area contributed by atoms with Crippen molar-refractivity contribution in [2.24, 2.45) is 0 Å². The summed E-state index contributed by atoms with van der Waals surface area (Å²) in [7, 11) is 0. The Bertz CT molecular complexity index is 3890. The van der Waals surface area contributed by atoms with Crippen LogP contribution < -0.4 is 18.9 Å². The molecule has 690 valence electrons. The topological polar surface area (TPSA) is 36.9 Å². The molecule has 0 aliphatic heterocycles. The minimum Gasteiger partial charge on any atom is -0.494 e. The maximum Gasteiger partial charge on any atom is 0.119 e. The molecule has 10 rings (SSSR count). The number of benzene rings is 10. The van der Waals surface area contributed by atoms with Gasteiger partial charge in [-0.05, 0) is 260 Å². The van der Waals surface area contributed by atoms with E-state index >= 15 is 0 Å². The lowest BCUT2D eigenvalue weighted by atomic mass is 10.0. The van der Waals surface area contributed by atoms with E-state index in [-0.39, 0.29) is 0 Å². The molecular weight excluding hydrogens is 1520 g/mol. The number of ether oxygens (including phenoxy) is 4. The van der Waals surface area contributed by atoms with Crippen molar-refractivity contribution in [3.63, 3.8) is 0 Å². The van der Waals surface area contributed by atoms with Gasteiger partial charge in [0.2, 0.25) is 0 Å².